The molecule has 0 unspecified atom stereocenters. The zero-order chi connectivity index (χ0) is 21.4. The van der Waals surface area contributed by atoms with Crippen LogP contribution in [0.3, 0.4) is 0 Å². The van der Waals surface area contributed by atoms with Gasteiger partial charge in [-0.3, -0.25) is 9.59 Å². The Morgan fingerprint density at radius 2 is 1.93 bits per heavy atom. The van der Waals surface area contributed by atoms with Crippen LogP contribution in [0.25, 0.3) is 0 Å². The summed E-state index contributed by atoms with van der Waals surface area (Å²) in [5.74, 6) is -0.650. The standard InChI is InChI=1S/C21H25ClN4O3/c1-13(2)25-18-5-4-6-19(16(18)10-23)26-21(28)15-9-14(7-8-17(15)22)11-24-20(27)12-29-3/h4-10,13,23,25H,11-12H2,1-3H3,(H,24,27)(H,26,28). The Morgan fingerprint density at radius 1 is 1.21 bits per heavy atom. The van der Waals surface area contributed by atoms with Crippen molar-refractivity contribution < 1.29 is 14.3 Å². The molecule has 0 aliphatic rings. The molecule has 0 fully saturated rings. The van der Waals surface area contributed by atoms with E-state index in [1.165, 1.54) is 13.3 Å². The van der Waals surface area contributed by atoms with E-state index in [1.807, 2.05) is 19.9 Å². The monoisotopic (exact) mass is 416 g/mol. The molecule has 7 nitrogen and oxygen atoms in total. The molecule has 0 saturated heterocycles. The van der Waals surface area contributed by atoms with E-state index >= 15 is 0 Å². The van der Waals surface area contributed by atoms with Gasteiger partial charge in [-0.05, 0) is 43.7 Å². The lowest BCUT2D eigenvalue weighted by molar-refractivity contribution is -0.124. The van der Waals surface area contributed by atoms with Crippen molar-refractivity contribution in [2.45, 2.75) is 26.4 Å². The first-order valence-corrected chi connectivity index (χ1v) is 9.49. The first-order valence-electron chi connectivity index (χ1n) is 9.11. The van der Waals surface area contributed by atoms with Crippen LogP contribution in [0.15, 0.2) is 36.4 Å². The van der Waals surface area contributed by atoms with Gasteiger partial charge in [-0.1, -0.05) is 23.7 Å². The molecule has 2 aromatic rings. The first-order chi connectivity index (χ1) is 13.8. The predicted octanol–water partition coefficient (Wildman–Crippen LogP) is 3.67. The van der Waals surface area contributed by atoms with E-state index in [-0.39, 0.29) is 30.7 Å². The Balaban J connectivity index is 2.21. The summed E-state index contributed by atoms with van der Waals surface area (Å²) in [6.07, 6.45) is 1.20. The van der Waals surface area contributed by atoms with Crippen LogP contribution in [-0.4, -0.2) is 37.8 Å². The maximum absolute atomic E-state index is 12.8. The highest BCUT2D eigenvalue weighted by molar-refractivity contribution is 6.34. The molecule has 154 valence electrons. The third-order valence-corrected chi connectivity index (χ3v) is 4.31. The molecule has 0 aromatic heterocycles. The summed E-state index contributed by atoms with van der Waals surface area (Å²) in [7, 11) is 1.44. The van der Waals surface area contributed by atoms with Crippen molar-refractivity contribution in [1.29, 1.82) is 5.41 Å². The number of anilines is 2. The Hall–Kier alpha value is -2.90. The molecular formula is C21H25ClN4O3. The Labute approximate surface area is 175 Å². The molecule has 29 heavy (non-hydrogen) atoms. The summed E-state index contributed by atoms with van der Waals surface area (Å²) in [6.45, 7) is 4.21. The van der Waals surface area contributed by atoms with Crippen molar-refractivity contribution in [1.82, 2.24) is 5.32 Å². The molecule has 2 rings (SSSR count). The molecule has 0 saturated carbocycles. The van der Waals surface area contributed by atoms with E-state index < -0.39 is 5.91 Å². The van der Waals surface area contributed by atoms with Crippen LogP contribution in [0.2, 0.25) is 5.02 Å². The van der Waals surface area contributed by atoms with Crippen LogP contribution in [0.4, 0.5) is 11.4 Å². The van der Waals surface area contributed by atoms with E-state index in [1.54, 1.807) is 30.3 Å². The number of hydrogen-bond acceptors (Lipinski definition) is 5. The number of amides is 2. The molecule has 2 amide bonds. The van der Waals surface area contributed by atoms with Gasteiger partial charge in [0.1, 0.15) is 6.61 Å². The van der Waals surface area contributed by atoms with E-state index in [4.69, 9.17) is 21.7 Å². The summed E-state index contributed by atoms with van der Waals surface area (Å²) in [6, 6.07) is 10.5. The minimum absolute atomic E-state index is 0.0336. The molecule has 0 heterocycles. The van der Waals surface area contributed by atoms with Gasteiger partial charge in [0.15, 0.2) is 0 Å². The lowest BCUT2D eigenvalue weighted by Gasteiger charge is -2.16. The van der Waals surface area contributed by atoms with E-state index in [0.29, 0.717) is 16.3 Å². The molecule has 0 bridgehead atoms. The van der Waals surface area contributed by atoms with Crippen LogP contribution in [0, 0.1) is 5.41 Å². The zero-order valence-electron chi connectivity index (χ0n) is 16.6. The van der Waals surface area contributed by atoms with Crippen molar-refractivity contribution in [3.63, 3.8) is 0 Å². The minimum atomic E-state index is -0.398. The van der Waals surface area contributed by atoms with Crippen LogP contribution in [0.5, 0.6) is 0 Å². The normalized spacial score (nSPS) is 10.5. The Bertz CT molecular complexity index is 899. The fraction of sp³-hybridized carbons (Fsp3) is 0.286. The second kappa shape index (κ2) is 10.6. The number of rotatable bonds is 9. The van der Waals surface area contributed by atoms with Gasteiger partial charge < -0.3 is 26.1 Å². The van der Waals surface area contributed by atoms with Gasteiger partial charge in [-0.25, -0.2) is 0 Å². The predicted molar refractivity (Wildman–Crippen MR) is 116 cm³/mol. The second-order valence-electron chi connectivity index (χ2n) is 6.69. The van der Waals surface area contributed by atoms with Gasteiger partial charge in [-0.2, -0.15) is 0 Å². The molecule has 0 radical (unpaired) electrons. The van der Waals surface area contributed by atoms with Gasteiger partial charge in [0.2, 0.25) is 5.91 Å². The average Bonchev–Trinajstić information content (AvgIpc) is 2.67. The fourth-order valence-electron chi connectivity index (χ4n) is 2.70. The van der Waals surface area contributed by atoms with E-state index in [9.17, 15) is 9.59 Å². The van der Waals surface area contributed by atoms with E-state index in [0.717, 1.165) is 11.3 Å². The number of methoxy groups -OCH3 is 1. The first kappa shape index (κ1) is 22.4. The summed E-state index contributed by atoms with van der Waals surface area (Å²) in [5.41, 5.74) is 2.85. The second-order valence-corrected chi connectivity index (χ2v) is 7.10. The van der Waals surface area contributed by atoms with Gasteiger partial charge in [-0.15, -0.1) is 0 Å². The van der Waals surface area contributed by atoms with Crippen molar-refractivity contribution in [2.75, 3.05) is 24.4 Å². The van der Waals surface area contributed by atoms with Gasteiger partial charge in [0.25, 0.3) is 5.91 Å². The molecular weight excluding hydrogens is 392 g/mol. The highest BCUT2D eigenvalue weighted by Gasteiger charge is 2.15. The quantitative estimate of drug-likeness (QED) is 0.468. The topological polar surface area (TPSA) is 103 Å². The number of halogens is 1. The highest BCUT2D eigenvalue weighted by atomic mass is 35.5. The Kier molecular flexibility index (Phi) is 8.18. The van der Waals surface area contributed by atoms with Crippen molar-refractivity contribution in [2.24, 2.45) is 0 Å². The molecule has 0 aliphatic carbocycles. The summed E-state index contributed by atoms with van der Waals surface area (Å²) < 4.78 is 4.77. The van der Waals surface area contributed by atoms with Crippen LogP contribution in [-0.2, 0) is 16.1 Å². The molecule has 8 heteroatoms. The van der Waals surface area contributed by atoms with Crippen molar-refractivity contribution >= 4 is 41.0 Å². The maximum atomic E-state index is 12.8. The van der Waals surface area contributed by atoms with Crippen LogP contribution < -0.4 is 16.0 Å². The molecule has 4 N–H and O–H groups in total. The van der Waals surface area contributed by atoms with E-state index in [2.05, 4.69) is 16.0 Å². The maximum Gasteiger partial charge on any atom is 0.257 e. The minimum Gasteiger partial charge on any atom is -0.382 e. The van der Waals surface area contributed by atoms with Crippen molar-refractivity contribution in [3.05, 3.63) is 58.1 Å². The van der Waals surface area contributed by atoms with Gasteiger partial charge in [0.05, 0.1) is 16.3 Å². The molecule has 0 aliphatic heterocycles. The Morgan fingerprint density at radius 3 is 2.59 bits per heavy atom. The lowest BCUT2D eigenvalue weighted by Crippen LogP contribution is -2.26. The molecule has 0 spiro atoms. The zero-order valence-corrected chi connectivity index (χ0v) is 17.4. The number of nitrogens with one attached hydrogen (secondary N) is 4. The van der Waals surface area contributed by atoms with Crippen LogP contribution in [0.1, 0.15) is 35.3 Å². The number of hydrogen-bond donors (Lipinski definition) is 4. The number of carbonyl (C=O) groups is 2. The lowest BCUT2D eigenvalue weighted by atomic mass is 10.1. The van der Waals surface area contributed by atoms with Gasteiger partial charge in [0, 0.05) is 37.2 Å². The largest absolute Gasteiger partial charge is 0.382 e. The number of carbonyl (C=O) groups excluding carboxylic acids is 2. The van der Waals surface area contributed by atoms with Crippen molar-refractivity contribution in [3.8, 4) is 0 Å². The number of ether oxygens (including phenoxy) is 1. The SMILES string of the molecule is COCC(=O)NCc1ccc(Cl)c(C(=O)Nc2cccc(NC(C)C)c2C=N)c1. The third kappa shape index (κ3) is 6.30. The summed E-state index contributed by atoms with van der Waals surface area (Å²) >= 11 is 6.22. The summed E-state index contributed by atoms with van der Waals surface area (Å²) in [5, 5.41) is 16.8. The molecule has 2 aromatic carbocycles. The third-order valence-electron chi connectivity index (χ3n) is 3.98. The van der Waals surface area contributed by atoms with Gasteiger partial charge >= 0.3 is 0 Å². The summed E-state index contributed by atoms with van der Waals surface area (Å²) in [4.78, 5) is 24.4. The van der Waals surface area contributed by atoms with Crippen LogP contribution >= 0.6 is 11.6 Å². The molecule has 0 atom stereocenters. The smallest absolute Gasteiger partial charge is 0.257 e. The fourth-order valence-corrected chi connectivity index (χ4v) is 2.90. The number of benzene rings is 2. The average molecular weight is 417 g/mol. The highest BCUT2D eigenvalue weighted by Crippen LogP contribution is 2.25.